The van der Waals surface area contributed by atoms with Crippen molar-refractivity contribution >= 4 is 0 Å². The van der Waals surface area contributed by atoms with Crippen LogP contribution in [0.3, 0.4) is 0 Å². The summed E-state index contributed by atoms with van der Waals surface area (Å²) in [4.78, 5) is 0. The van der Waals surface area contributed by atoms with Gasteiger partial charge in [-0.3, -0.25) is 0 Å². The standard InChI is InChI=1S/C16H25NO/c1-13-12-14(6-7-15(13)18-2)16(10-11-17)8-4-3-5-9-16/h6-7,12H,3-5,8-11,17H2,1-2H3. The monoisotopic (exact) mass is 247 g/mol. The highest BCUT2D eigenvalue weighted by molar-refractivity contribution is 5.39. The van der Waals surface area contributed by atoms with Gasteiger partial charge in [0.1, 0.15) is 5.75 Å². The van der Waals surface area contributed by atoms with Gasteiger partial charge in [0.15, 0.2) is 0 Å². The Morgan fingerprint density at radius 3 is 2.50 bits per heavy atom. The van der Waals surface area contributed by atoms with E-state index in [1.54, 1.807) is 7.11 Å². The Hall–Kier alpha value is -1.02. The Balaban J connectivity index is 2.33. The third kappa shape index (κ3) is 2.54. The van der Waals surface area contributed by atoms with Crippen molar-refractivity contribution in [1.82, 2.24) is 0 Å². The van der Waals surface area contributed by atoms with Crippen molar-refractivity contribution in [2.75, 3.05) is 13.7 Å². The van der Waals surface area contributed by atoms with Crippen LogP contribution in [-0.2, 0) is 5.41 Å². The van der Waals surface area contributed by atoms with Crippen molar-refractivity contribution < 1.29 is 4.74 Å². The number of nitrogens with two attached hydrogens (primary N) is 1. The molecule has 0 aliphatic heterocycles. The fraction of sp³-hybridized carbons (Fsp3) is 0.625. The molecule has 0 aromatic heterocycles. The van der Waals surface area contributed by atoms with E-state index < -0.39 is 0 Å². The molecule has 0 atom stereocenters. The summed E-state index contributed by atoms with van der Waals surface area (Å²) in [6.45, 7) is 2.91. The first-order valence-electron chi connectivity index (χ1n) is 7.07. The van der Waals surface area contributed by atoms with Crippen LogP contribution in [0.5, 0.6) is 5.75 Å². The summed E-state index contributed by atoms with van der Waals surface area (Å²) < 4.78 is 5.36. The van der Waals surface area contributed by atoms with Gasteiger partial charge in [0.25, 0.3) is 0 Å². The van der Waals surface area contributed by atoms with Crippen molar-refractivity contribution in [3.05, 3.63) is 29.3 Å². The van der Waals surface area contributed by atoms with Gasteiger partial charge < -0.3 is 10.5 Å². The minimum absolute atomic E-state index is 0.323. The van der Waals surface area contributed by atoms with Crippen LogP contribution in [0.4, 0.5) is 0 Å². The third-order valence-corrected chi connectivity index (χ3v) is 4.44. The van der Waals surface area contributed by atoms with E-state index >= 15 is 0 Å². The summed E-state index contributed by atoms with van der Waals surface area (Å²) in [6, 6.07) is 6.66. The van der Waals surface area contributed by atoms with Crippen molar-refractivity contribution in [3.63, 3.8) is 0 Å². The van der Waals surface area contributed by atoms with Gasteiger partial charge in [-0.1, -0.05) is 31.4 Å². The first kappa shape index (κ1) is 13.4. The van der Waals surface area contributed by atoms with Crippen molar-refractivity contribution in [1.29, 1.82) is 0 Å². The lowest BCUT2D eigenvalue weighted by Crippen LogP contribution is -2.31. The maximum atomic E-state index is 5.85. The van der Waals surface area contributed by atoms with E-state index in [1.807, 2.05) is 0 Å². The number of methoxy groups -OCH3 is 1. The van der Waals surface area contributed by atoms with Crippen molar-refractivity contribution in [3.8, 4) is 5.75 Å². The maximum Gasteiger partial charge on any atom is 0.121 e. The molecular weight excluding hydrogens is 222 g/mol. The molecule has 1 aliphatic carbocycles. The highest BCUT2D eigenvalue weighted by atomic mass is 16.5. The predicted molar refractivity (Wildman–Crippen MR) is 76.2 cm³/mol. The van der Waals surface area contributed by atoms with E-state index in [0.717, 1.165) is 18.7 Å². The molecule has 0 spiro atoms. The summed E-state index contributed by atoms with van der Waals surface area (Å²) >= 11 is 0. The summed E-state index contributed by atoms with van der Waals surface area (Å²) in [5, 5.41) is 0. The molecule has 2 heteroatoms. The lowest BCUT2D eigenvalue weighted by atomic mass is 9.67. The highest BCUT2D eigenvalue weighted by Gasteiger charge is 2.33. The normalized spacial score (nSPS) is 18.6. The van der Waals surface area contributed by atoms with Crippen LogP contribution in [-0.4, -0.2) is 13.7 Å². The minimum atomic E-state index is 0.323. The second-order valence-electron chi connectivity index (χ2n) is 5.56. The van der Waals surface area contributed by atoms with Crippen LogP contribution < -0.4 is 10.5 Å². The summed E-state index contributed by atoms with van der Waals surface area (Å²) in [5.41, 5.74) is 8.87. The maximum absolute atomic E-state index is 5.85. The Morgan fingerprint density at radius 2 is 1.94 bits per heavy atom. The molecule has 0 heterocycles. The number of benzene rings is 1. The molecule has 0 unspecified atom stereocenters. The quantitative estimate of drug-likeness (QED) is 0.883. The summed E-state index contributed by atoms with van der Waals surface area (Å²) in [6.07, 6.45) is 7.74. The predicted octanol–water partition coefficient (Wildman–Crippen LogP) is 3.55. The van der Waals surface area contributed by atoms with E-state index in [4.69, 9.17) is 10.5 Å². The number of aryl methyl sites for hydroxylation is 1. The minimum Gasteiger partial charge on any atom is -0.496 e. The number of hydrogen-bond acceptors (Lipinski definition) is 2. The molecule has 1 aromatic carbocycles. The summed E-state index contributed by atoms with van der Waals surface area (Å²) in [7, 11) is 1.73. The molecule has 1 aliphatic rings. The van der Waals surface area contributed by atoms with E-state index in [-0.39, 0.29) is 0 Å². The van der Waals surface area contributed by atoms with Crippen LogP contribution in [0, 0.1) is 6.92 Å². The second-order valence-corrected chi connectivity index (χ2v) is 5.56. The fourth-order valence-corrected chi connectivity index (χ4v) is 3.40. The molecule has 2 rings (SSSR count). The molecule has 0 bridgehead atoms. The molecule has 100 valence electrons. The van der Waals surface area contributed by atoms with Crippen molar-refractivity contribution in [2.45, 2.75) is 50.9 Å². The van der Waals surface area contributed by atoms with Gasteiger partial charge in [0.05, 0.1) is 7.11 Å². The van der Waals surface area contributed by atoms with E-state index in [2.05, 4.69) is 25.1 Å². The number of ether oxygens (including phenoxy) is 1. The highest BCUT2D eigenvalue weighted by Crippen LogP contribution is 2.42. The molecule has 0 radical (unpaired) electrons. The Labute approximate surface area is 111 Å². The zero-order chi connectivity index (χ0) is 13.0. The average Bonchev–Trinajstić information content (AvgIpc) is 2.40. The summed E-state index contributed by atoms with van der Waals surface area (Å²) in [5.74, 6) is 0.984. The lowest BCUT2D eigenvalue weighted by molar-refractivity contribution is 0.277. The SMILES string of the molecule is COc1ccc(C2(CCN)CCCCC2)cc1C. The molecular formula is C16H25NO. The zero-order valence-corrected chi connectivity index (χ0v) is 11.7. The Morgan fingerprint density at radius 1 is 1.22 bits per heavy atom. The van der Waals surface area contributed by atoms with Gasteiger partial charge in [0.2, 0.25) is 0 Å². The first-order chi connectivity index (χ1) is 8.72. The molecule has 18 heavy (non-hydrogen) atoms. The molecule has 0 amide bonds. The molecule has 2 N–H and O–H groups in total. The molecule has 1 saturated carbocycles. The second kappa shape index (κ2) is 5.75. The van der Waals surface area contributed by atoms with Crippen molar-refractivity contribution in [2.24, 2.45) is 5.73 Å². The Bertz CT molecular complexity index is 389. The van der Waals surface area contributed by atoms with Gasteiger partial charge in [-0.15, -0.1) is 0 Å². The van der Waals surface area contributed by atoms with Crippen LogP contribution >= 0.6 is 0 Å². The zero-order valence-electron chi connectivity index (χ0n) is 11.7. The third-order valence-electron chi connectivity index (χ3n) is 4.44. The van der Waals surface area contributed by atoms with Gasteiger partial charge in [0, 0.05) is 0 Å². The Kier molecular flexibility index (Phi) is 4.28. The molecule has 1 fully saturated rings. The van der Waals surface area contributed by atoms with Crippen LogP contribution in [0.25, 0.3) is 0 Å². The first-order valence-corrected chi connectivity index (χ1v) is 7.07. The smallest absolute Gasteiger partial charge is 0.121 e. The topological polar surface area (TPSA) is 35.2 Å². The average molecular weight is 247 g/mol. The number of rotatable bonds is 4. The van der Waals surface area contributed by atoms with E-state index in [9.17, 15) is 0 Å². The van der Waals surface area contributed by atoms with Gasteiger partial charge in [-0.05, 0) is 55.3 Å². The van der Waals surface area contributed by atoms with E-state index in [0.29, 0.717) is 5.41 Å². The van der Waals surface area contributed by atoms with Crippen LogP contribution in [0.15, 0.2) is 18.2 Å². The van der Waals surface area contributed by atoms with Crippen LogP contribution in [0.1, 0.15) is 49.7 Å². The van der Waals surface area contributed by atoms with Gasteiger partial charge >= 0.3 is 0 Å². The molecule has 2 nitrogen and oxygen atoms in total. The van der Waals surface area contributed by atoms with E-state index in [1.165, 1.54) is 43.2 Å². The van der Waals surface area contributed by atoms with Gasteiger partial charge in [-0.2, -0.15) is 0 Å². The largest absolute Gasteiger partial charge is 0.496 e. The van der Waals surface area contributed by atoms with Gasteiger partial charge in [-0.25, -0.2) is 0 Å². The number of hydrogen-bond donors (Lipinski definition) is 1. The molecule has 1 aromatic rings. The fourth-order valence-electron chi connectivity index (χ4n) is 3.40. The molecule has 0 saturated heterocycles. The van der Waals surface area contributed by atoms with Crippen LogP contribution in [0.2, 0.25) is 0 Å². The lowest BCUT2D eigenvalue weighted by Gasteiger charge is -2.38.